The van der Waals surface area contributed by atoms with E-state index in [0.29, 0.717) is 5.95 Å². The monoisotopic (exact) mass is 1820 g/mol. The van der Waals surface area contributed by atoms with Gasteiger partial charge in [-0.2, -0.15) is 0 Å². The van der Waals surface area contributed by atoms with Gasteiger partial charge in [0.15, 0.2) is 0 Å². The molecule has 23 aromatic carbocycles. The molecule has 0 saturated heterocycles. The lowest BCUT2D eigenvalue weighted by molar-refractivity contribution is 0.669. The van der Waals surface area contributed by atoms with Gasteiger partial charge in [-0.25, -0.2) is 9.97 Å². The summed E-state index contributed by atoms with van der Waals surface area (Å²) in [6.07, 6.45) is 0. The van der Waals surface area contributed by atoms with Crippen molar-refractivity contribution in [2.24, 2.45) is 0 Å². The zero-order chi connectivity index (χ0) is 93.3. The third kappa shape index (κ3) is 11.6. The Morgan fingerprint density at radius 3 is 0.972 bits per heavy atom. The third-order valence-corrected chi connectivity index (χ3v) is 30.0. The largest absolute Gasteiger partial charge is 0.456 e. The van der Waals surface area contributed by atoms with Crippen molar-refractivity contribution in [3.63, 3.8) is 0 Å². The first kappa shape index (κ1) is 78.8. The molecule has 33 aromatic rings. The van der Waals surface area contributed by atoms with Gasteiger partial charge >= 0.3 is 0 Å². The van der Waals surface area contributed by atoms with Crippen LogP contribution in [0.5, 0.6) is 0 Å². The van der Waals surface area contributed by atoms with Crippen molar-refractivity contribution in [2.45, 2.75) is 0 Å². The van der Waals surface area contributed by atoms with Crippen LogP contribution >= 0.6 is 0 Å². The summed E-state index contributed by atoms with van der Waals surface area (Å²) in [6, 6.07) is 169. The molecule has 0 fully saturated rings. The lowest BCUT2D eigenvalue weighted by Gasteiger charge is -2.14. The number of benzene rings is 23. The third-order valence-electron chi connectivity index (χ3n) is 30.0. The Balaban J connectivity index is 0.0000000981. The van der Waals surface area contributed by atoms with Crippen molar-refractivity contribution < 1.29 is 13.3 Å². The van der Waals surface area contributed by atoms with Crippen molar-refractivity contribution in [1.29, 1.82) is 0 Å². The lowest BCUT2D eigenvalue weighted by atomic mass is 10.00. The molecule has 143 heavy (non-hydrogen) atoms. The average Bonchev–Trinajstić information content (AvgIpc) is 1.54. The second-order valence-electron chi connectivity index (χ2n) is 37.6. The smallest absolute Gasteiger partial charge is 0.235 e. The second-order valence-corrected chi connectivity index (χ2v) is 37.6. The predicted octanol–water partition coefficient (Wildman–Crippen LogP) is 35.6. The SMILES string of the molecule is c1ccc(-c2nc(-n3c4cc5oc6ccccc6c5cc4c4ccc5c6ccccc6n(-c6ccccc6)c5c43)nc3ccccc23)cc1.c1ccc(-n2c3cc4oc5ccccc5c4cc3c3c4c5ccccc5n(-c5cc6ccccc6c6ccccc56)c4ccc32)cc1.c1ccc(-n2c3ccccc3c3c4c5cc6c(cc5n(-c5cc7ccccc7c7ccccc57)c4ccc32)oc2ccccc26)cc1. The topological polar surface area (TPSA) is 94.8 Å². The van der Waals surface area contributed by atoms with Gasteiger partial charge in [0, 0.05) is 154 Å². The number of hydrogen-bond donors (Lipinski definition) is 0. The number of furan rings is 3. The number of nitrogens with zero attached hydrogens (tertiary/aromatic N) is 8. The fourth-order valence-electron chi connectivity index (χ4n) is 24.0. The fourth-order valence-corrected chi connectivity index (χ4v) is 24.0. The van der Waals surface area contributed by atoms with Gasteiger partial charge in [-0.3, -0.25) is 4.57 Å². The van der Waals surface area contributed by atoms with E-state index in [1.807, 2.05) is 36.4 Å². The molecular weight excluding hydrogens is 1750 g/mol. The van der Waals surface area contributed by atoms with Crippen LogP contribution in [0.25, 0.3) is 296 Å². The van der Waals surface area contributed by atoms with E-state index in [1.165, 1.54) is 141 Å². The summed E-state index contributed by atoms with van der Waals surface area (Å²) in [5.74, 6) is 0.616. The van der Waals surface area contributed by atoms with E-state index < -0.39 is 0 Å². The van der Waals surface area contributed by atoms with E-state index in [2.05, 4.69) is 464 Å². The van der Waals surface area contributed by atoms with Crippen LogP contribution < -0.4 is 0 Å². The van der Waals surface area contributed by atoms with Gasteiger partial charge in [-0.1, -0.05) is 322 Å². The first-order chi connectivity index (χ1) is 71.0. The van der Waals surface area contributed by atoms with Gasteiger partial charge in [-0.15, -0.1) is 0 Å². The summed E-state index contributed by atoms with van der Waals surface area (Å²) >= 11 is 0. The minimum absolute atomic E-state index is 0.616. The van der Waals surface area contributed by atoms with E-state index in [1.54, 1.807) is 0 Å². The minimum Gasteiger partial charge on any atom is -0.456 e. The molecule has 0 aliphatic carbocycles. The maximum Gasteiger partial charge on any atom is 0.235 e. The summed E-state index contributed by atoms with van der Waals surface area (Å²) in [7, 11) is 0. The average molecular weight is 1820 g/mol. The van der Waals surface area contributed by atoms with E-state index in [9.17, 15) is 0 Å². The number of hydrogen-bond acceptors (Lipinski definition) is 5. The van der Waals surface area contributed by atoms with Crippen LogP contribution in [0.15, 0.2) is 486 Å². The maximum atomic E-state index is 6.51. The van der Waals surface area contributed by atoms with Crippen LogP contribution in [0, 0.1) is 0 Å². The predicted molar refractivity (Wildman–Crippen MR) is 596 cm³/mol. The van der Waals surface area contributed by atoms with Crippen LogP contribution in [0.3, 0.4) is 0 Å². The number of rotatable bonds is 7. The van der Waals surface area contributed by atoms with Gasteiger partial charge in [0.1, 0.15) is 33.5 Å². The summed E-state index contributed by atoms with van der Waals surface area (Å²) in [5, 5.41) is 32.4. The number of aromatic nitrogens is 8. The number of para-hydroxylation sites is 10. The van der Waals surface area contributed by atoms with Crippen molar-refractivity contribution in [3.05, 3.63) is 473 Å². The Hall–Kier alpha value is -19.4. The molecule has 0 unspecified atom stereocenters. The highest BCUT2D eigenvalue weighted by molar-refractivity contribution is 6.34. The van der Waals surface area contributed by atoms with Crippen LogP contribution in [0.1, 0.15) is 0 Å². The summed E-state index contributed by atoms with van der Waals surface area (Å²) in [4.78, 5) is 10.7. The first-order valence-corrected chi connectivity index (χ1v) is 48.7. The highest BCUT2D eigenvalue weighted by Crippen LogP contribution is 2.52. The van der Waals surface area contributed by atoms with E-state index in [-0.39, 0.29) is 0 Å². The Labute approximate surface area is 814 Å². The van der Waals surface area contributed by atoms with Crippen molar-refractivity contribution in [1.82, 2.24) is 37.4 Å². The minimum atomic E-state index is 0.616. The molecule has 664 valence electrons. The van der Waals surface area contributed by atoms with Crippen molar-refractivity contribution in [2.75, 3.05) is 0 Å². The molecule has 0 saturated carbocycles. The summed E-state index contributed by atoms with van der Waals surface area (Å²) < 4.78 is 33.8. The molecule has 0 N–H and O–H groups in total. The molecule has 11 nitrogen and oxygen atoms in total. The molecule has 0 spiro atoms. The first-order valence-electron chi connectivity index (χ1n) is 48.7. The summed E-state index contributed by atoms with van der Waals surface area (Å²) in [5.41, 5.74) is 27.7. The Morgan fingerprint density at radius 2 is 0.483 bits per heavy atom. The van der Waals surface area contributed by atoms with Gasteiger partial charge in [0.05, 0.1) is 88.8 Å². The molecule has 11 heteroatoms. The van der Waals surface area contributed by atoms with Crippen LogP contribution in [-0.2, 0) is 0 Å². The maximum absolute atomic E-state index is 6.51. The van der Waals surface area contributed by atoms with Crippen LogP contribution in [-0.4, -0.2) is 37.4 Å². The molecule has 0 atom stereocenters. The highest BCUT2D eigenvalue weighted by Gasteiger charge is 2.30. The fraction of sp³-hybridized carbons (Fsp3) is 0. The Morgan fingerprint density at radius 1 is 0.161 bits per heavy atom. The zero-order valence-corrected chi connectivity index (χ0v) is 76.8. The molecule has 10 heterocycles. The normalized spacial score (nSPS) is 12.2. The van der Waals surface area contributed by atoms with E-state index >= 15 is 0 Å². The number of fused-ring (bicyclic) bond motifs is 37. The van der Waals surface area contributed by atoms with E-state index in [0.717, 1.165) is 149 Å². The molecule has 33 rings (SSSR count). The molecule has 10 aromatic heterocycles. The van der Waals surface area contributed by atoms with Crippen molar-refractivity contribution >= 4 is 251 Å². The Bertz CT molecular complexity index is 11200. The van der Waals surface area contributed by atoms with Crippen LogP contribution in [0.4, 0.5) is 0 Å². The standard InChI is InChI=1S/C44H26N4O.2C44H26N2O/c1-3-13-27(14-4-1)41-33-19-7-10-20-36(33)45-44(46-41)48-38-26-40-35(30-18-9-12-22-39(30)49-40)25-34(38)32-24-23-31-29-17-8-11-21-37(29)47(42(31)43(32)48)28-15-5-2-6-16-28;1-2-13-28(14-3-1)45-37-22-23-38-43(44(37)35-25-34-32-18-9-11-21-41(32)47-42(34)26-40(35)45)33-19-8-10-20-36(33)46(38)39-24-27-12-4-5-15-29(27)30-16-6-7-17-31(30)39;1-2-13-28(14-3-1)45-36-20-10-8-19-33(36)43-37(45)22-23-38-44(43)35-25-34-32-18-9-11-21-41(32)47-42(34)26-40(35)46(38)39-24-27-12-4-5-15-29(27)30-16-6-7-17-31(30)39/h1-26H;2*1-26H. The molecule has 0 aliphatic heterocycles. The van der Waals surface area contributed by atoms with Gasteiger partial charge in [0.2, 0.25) is 5.95 Å². The highest BCUT2D eigenvalue weighted by atomic mass is 16.3. The van der Waals surface area contributed by atoms with Crippen molar-refractivity contribution in [3.8, 4) is 45.6 Å². The molecule has 0 aliphatic rings. The lowest BCUT2D eigenvalue weighted by Crippen LogP contribution is -2.04. The van der Waals surface area contributed by atoms with Gasteiger partial charge in [0.25, 0.3) is 0 Å². The quantitative estimate of drug-likeness (QED) is 0.148. The molecule has 0 bridgehead atoms. The summed E-state index contributed by atoms with van der Waals surface area (Å²) in [6.45, 7) is 0. The van der Waals surface area contributed by atoms with Gasteiger partial charge in [-0.05, 0) is 166 Å². The van der Waals surface area contributed by atoms with E-state index in [4.69, 9.17) is 23.2 Å². The Kier molecular flexibility index (Phi) is 16.8. The molecule has 0 amide bonds. The zero-order valence-electron chi connectivity index (χ0n) is 76.8. The van der Waals surface area contributed by atoms with Crippen LogP contribution in [0.2, 0.25) is 0 Å². The molecule has 0 radical (unpaired) electrons. The molecular formula is C132H78N8O3. The van der Waals surface area contributed by atoms with Gasteiger partial charge < -0.3 is 36.1 Å². The second kappa shape index (κ2) is 30.6.